The Kier molecular flexibility index (Phi) is 12.3. The molecule has 7 rings (SSSR count). The first kappa shape index (κ1) is 41.6. The number of rotatable bonds is 14. The van der Waals surface area contributed by atoms with Crippen molar-refractivity contribution in [3.05, 3.63) is 79.0 Å². The zero-order valence-corrected chi connectivity index (χ0v) is 34.9. The molecule has 0 bridgehead atoms. The molecule has 2 aliphatic heterocycles. The molecule has 0 saturated carbocycles. The van der Waals surface area contributed by atoms with Gasteiger partial charge in [0.1, 0.15) is 29.5 Å². The van der Waals surface area contributed by atoms with E-state index in [1.807, 2.05) is 45.9 Å². The van der Waals surface area contributed by atoms with Crippen LogP contribution in [0.25, 0.3) is 44.8 Å². The molecule has 2 aromatic carbocycles. The maximum absolute atomic E-state index is 13.6. The molecular weight excluding hydrogens is 767 g/mol. The van der Waals surface area contributed by atoms with Crippen molar-refractivity contribution >= 4 is 34.9 Å². The Morgan fingerprint density at radius 3 is 2.40 bits per heavy atom. The number of aromatic amines is 2. The predicted molar refractivity (Wildman–Crippen MR) is 225 cm³/mol. The van der Waals surface area contributed by atoms with Crippen LogP contribution in [0.1, 0.15) is 64.5 Å². The van der Waals surface area contributed by atoms with E-state index in [1.54, 1.807) is 28.3 Å². The summed E-state index contributed by atoms with van der Waals surface area (Å²) in [4.78, 5) is 71.0. The number of likely N-dealkylation sites (tertiary alicyclic amines) is 1. The number of alkyl carbamates (subject to hydrolysis) is 2. The van der Waals surface area contributed by atoms with Crippen LogP contribution in [0.15, 0.2) is 67.5 Å². The Morgan fingerprint density at radius 2 is 1.68 bits per heavy atom. The average Bonchev–Trinajstić information content (AvgIpc) is 4.08. The number of nitrogens with one attached hydrogen (secondary N) is 4. The van der Waals surface area contributed by atoms with Crippen molar-refractivity contribution in [1.82, 2.24) is 44.9 Å². The van der Waals surface area contributed by atoms with Crippen LogP contribution in [0, 0.1) is 11.8 Å². The van der Waals surface area contributed by atoms with E-state index in [0.717, 1.165) is 63.3 Å². The maximum Gasteiger partial charge on any atom is 0.407 e. The number of imidazole rings is 2. The molecule has 1 fully saturated rings. The molecular formula is C44H53N9O7. The topological polar surface area (TPSA) is 189 Å². The van der Waals surface area contributed by atoms with E-state index in [9.17, 15) is 19.2 Å². The van der Waals surface area contributed by atoms with Gasteiger partial charge in [0.2, 0.25) is 11.8 Å². The van der Waals surface area contributed by atoms with E-state index in [0.29, 0.717) is 37.9 Å². The van der Waals surface area contributed by atoms with Crippen LogP contribution in [0.5, 0.6) is 5.75 Å². The van der Waals surface area contributed by atoms with Crippen LogP contribution >= 0.6 is 0 Å². The molecule has 3 atom stereocenters. The highest BCUT2D eigenvalue weighted by molar-refractivity contribution is 5.92. The minimum absolute atomic E-state index is 0.122. The van der Waals surface area contributed by atoms with Gasteiger partial charge in [-0.05, 0) is 67.5 Å². The summed E-state index contributed by atoms with van der Waals surface area (Å²) in [5, 5.41) is 6.40. The molecule has 60 heavy (non-hydrogen) atoms. The third-order valence-electron chi connectivity index (χ3n) is 11.2. The normalized spacial score (nSPS) is 15.5. The molecule has 0 radical (unpaired) electrons. The van der Waals surface area contributed by atoms with Gasteiger partial charge < -0.3 is 49.2 Å². The van der Waals surface area contributed by atoms with Crippen molar-refractivity contribution in [2.75, 3.05) is 27.3 Å². The third kappa shape index (κ3) is 8.44. The summed E-state index contributed by atoms with van der Waals surface area (Å²) in [5.74, 6) is 1.47. The minimum Gasteiger partial charge on any atom is -0.472 e. The third-order valence-corrected chi connectivity index (χ3v) is 11.2. The molecule has 16 nitrogen and oxygen atoms in total. The number of fused-ring (bicyclic) bond motifs is 5. The summed E-state index contributed by atoms with van der Waals surface area (Å²) in [7, 11) is 2.56. The fraction of sp³-hybridized carbons (Fsp3) is 0.409. The Labute approximate surface area is 348 Å². The van der Waals surface area contributed by atoms with E-state index >= 15 is 0 Å². The molecule has 0 aliphatic carbocycles. The van der Waals surface area contributed by atoms with Gasteiger partial charge in [0.05, 0.1) is 61.8 Å². The zero-order chi connectivity index (χ0) is 42.7. The largest absolute Gasteiger partial charge is 0.472 e. The molecule has 0 spiro atoms. The number of carbonyl (C=O) groups is 4. The summed E-state index contributed by atoms with van der Waals surface area (Å²) in [5.41, 5.74) is 6.36. The number of methoxy groups -OCH3 is 2. The van der Waals surface area contributed by atoms with Gasteiger partial charge in [0.25, 0.3) is 0 Å². The smallest absolute Gasteiger partial charge is 0.407 e. The summed E-state index contributed by atoms with van der Waals surface area (Å²) >= 11 is 0. The quantitative estimate of drug-likeness (QED) is 0.0877. The fourth-order valence-corrected chi connectivity index (χ4v) is 7.98. The van der Waals surface area contributed by atoms with Crippen molar-refractivity contribution in [3.8, 4) is 39.7 Å². The highest BCUT2D eigenvalue weighted by atomic mass is 16.5. The lowest BCUT2D eigenvalue weighted by Gasteiger charge is -2.30. The molecule has 4 N–H and O–H groups in total. The fourth-order valence-electron chi connectivity index (χ4n) is 7.98. The van der Waals surface area contributed by atoms with Crippen LogP contribution in [0.2, 0.25) is 0 Å². The second-order valence-corrected chi connectivity index (χ2v) is 15.9. The molecule has 5 heterocycles. The van der Waals surface area contributed by atoms with Crippen LogP contribution in [0.4, 0.5) is 9.59 Å². The predicted octanol–water partition coefficient (Wildman–Crippen LogP) is 6.77. The number of benzene rings is 2. The lowest BCUT2D eigenvalue weighted by molar-refractivity contribution is -0.136. The molecule has 5 aromatic rings. The number of aromatic nitrogens is 5. The summed E-state index contributed by atoms with van der Waals surface area (Å²) in [6.45, 7) is 13.0. The van der Waals surface area contributed by atoms with E-state index < -0.39 is 24.3 Å². The average molecular weight is 820 g/mol. The Hall–Kier alpha value is -6.58. The van der Waals surface area contributed by atoms with Crippen molar-refractivity contribution in [3.63, 3.8) is 0 Å². The van der Waals surface area contributed by atoms with E-state index in [2.05, 4.69) is 61.0 Å². The van der Waals surface area contributed by atoms with Gasteiger partial charge in [-0.2, -0.15) is 0 Å². The van der Waals surface area contributed by atoms with Gasteiger partial charge in [-0.3, -0.25) is 9.59 Å². The Bertz CT molecular complexity index is 2390. The summed E-state index contributed by atoms with van der Waals surface area (Å²) in [6, 6.07) is 12.7. The Morgan fingerprint density at radius 1 is 0.950 bits per heavy atom. The van der Waals surface area contributed by atoms with Gasteiger partial charge in [0, 0.05) is 35.2 Å². The Balaban J connectivity index is 1.08. The van der Waals surface area contributed by atoms with Crippen molar-refractivity contribution in [2.24, 2.45) is 11.8 Å². The SMILES string of the molecule is C=CCCN(Cc1cnc(-c2ccc3c(c2)cc2n3COc3cc(-c4cnc(C5CCCN5C(=O)C(NC(=O)OC)C(C)C)[nH]4)ccc3-2)[nH]1)C(=O)C(NC(=O)OC)C(C)C. The van der Waals surface area contributed by atoms with Gasteiger partial charge >= 0.3 is 12.2 Å². The highest BCUT2D eigenvalue weighted by Crippen LogP contribution is 2.41. The number of carbonyl (C=O) groups excluding carboxylic acids is 4. The van der Waals surface area contributed by atoms with E-state index in [4.69, 9.17) is 19.2 Å². The second kappa shape index (κ2) is 17.7. The first-order chi connectivity index (χ1) is 28.9. The number of nitrogens with zero attached hydrogens (tertiary/aromatic N) is 5. The van der Waals surface area contributed by atoms with Crippen LogP contribution in [-0.4, -0.2) is 97.7 Å². The second-order valence-electron chi connectivity index (χ2n) is 15.9. The number of ether oxygens (including phenoxy) is 3. The monoisotopic (exact) mass is 819 g/mol. The molecule has 2 aliphatic rings. The number of hydrogen-bond acceptors (Lipinski definition) is 9. The minimum atomic E-state index is -0.749. The first-order valence-corrected chi connectivity index (χ1v) is 20.3. The molecule has 3 aromatic heterocycles. The highest BCUT2D eigenvalue weighted by Gasteiger charge is 2.38. The summed E-state index contributed by atoms with van der Waals surface area (Å²) < 4.78 is 18.0. The molecule has 316 valence electrons. The van der Waals surface area contributed by atoms with Crippen LogP contribution in [-0.2, 0) is 32.3 Å². The first-order valence-electron chi connectivity index (χ1n) is 20.3. The van der Waals surface area contributed by atoms with Crippen LogP contribution < -0.4 is 15.4 Å². The lowest BCUT2D eigenvalue weighted by atomic mass is 10.0. The standard InChI is InChI=1S/C44H53N9O7/c1-8-9-16-51(41(54)37(25(2)3)49-43(56)58-6)23-30-21-45-39(47-30)28-13-15-33-29(18-28)19-35-31-14-12-27(20-36(31)60-24-53(33)35)32-22-46-40(48-32)34-11-10-17-52(34)42(55)38(26(4)5)50-44(57)59-7/h8,12-15,18-22,25-26,34,37-38H,1,9-11,16-17,23-24H2,2-7H3,(H,45,47)(H,46,48)(H,49,56)(H,50,57). The van der Waals surface area contributed by atoms with E-state index in [1.165, 1.54) is 14.2 Å². The van der Waals surface area contributed by atoms with E-state index in [-0.39, 0.29) is 36.2 Å². The summed E-state index contributed by atoms with van der Waals surface area (Å²) in [6.07, 6.45) is 6.16. The molecule has 3 unspecified atom stereocenters. The molecule has 1 saturated heterocycles. The van der Waals surface area contributed by atoms with Gasteiger partial charge in [-0.15, -0.1) is 6.58 Å². The van der Waals surface area contributed by atoms with Gasteiger partial charge in [-0.1, -0.05) is 39.8 Å². The van der Waals surface area contributed by atoms with Crippen molar-refractivity contribution in [2.45, 2.75) is 78.4 Å². The zero-order valence-electron chi connectivity index (χ0n) is 34.9. The van der Waals surface area contributed by atoms with Gasteiger partial charge in [-0.25, -0.2) is 19.6 Å². The number of amides is 4. The molecule has 4 amide bonds. The maximum atomic E-state index is 13.6. The number of hydrogen-bond donors (Lipinski definition) is 4. The lowest BCUT2D eigenvalue weighted by Crippen LogP contribution is -2.51. The number of H-pyrrole nitrogens is 2. The van der Waals surface area contributed by atoms with Crippen molar-refractivity contribution in [1.29, 1.82) is 0 Å². The molecule has 16 heteroatoms. The van der Waals surface area contributed by atoms with Crippen molar-refractivity contribution < 1.29 is 33.4 Å². The van der Waals surface area contributed by atoms with Crippen LogP contribution in [0.3, 0.4) is 0 Å². The van der Waals surface area contributed by atoms with Gasteiger partial charge in [0.15, 0.2) is 6.73 Å².